The number of nitrogens with one attached hydrogen (secondary N) is 2. The van der Waals surface area contributed by atoms with Crippen molar-refractivity contribution in [3.8, 4) is 23.3 Å². The third kappa shape index (κ3) is 4.19. The SMILES string of the molecule is COc1cc(Nc2cnnc(Nc3ccc(C#N)cc3)n2)cc(OC)c1OC. The number of methoxy groups -OCH3 is 3. The quantitative estimate of drug-likeness (QED) is 0.639. The van der Waals surface area contributed by atoms with E-state index in [2.05, 4.69) is 31.9 Å². The lowest BCUT2D eigenvalue weighted by molar-refractivity contribution is 0.324. The first-order chi connectivity index (χ1) is 13.7. The van der Waals surface area contributed by atoms with Gasteiger partial charge in [-0.1, -0.05) is 0 Å². The Bertz CT molecular complexity index is 976. The van der Waals surface area contributed by atoms with E-state index in [9.17, 15) is 0 Å². The largest absolute Gasteiger partial charge is 0.493 e. The Morgan fingerprint density at radius 3 is 2.14 bits per heavy atom. The summed E-state index contributed by atoms with van der Waals surface area (Å²) in [6.07, 6.45) is 1.49. The average molecular weight is 378 g/mol. The summed E-state index contributed by atoms with van der Waals surface area (Å²) < 4.78 is 16.0. The molecule has 0 atom stereocenters. The minimum Gasteiger partial charge on any atom is -0.493 e. The van der Waals surface area contributed by atoms with Crippen LogP contribution in [0.25, 0.3) is 0 Å². The second kappa shape index (κ2) is 8.55. The van der Waals surface area contributed by atoms with E-state index in [1.807, 2.05) is 0 Å². The lowest BCUT2D eigenvalue weighted by atomic mass is 10.2. The molecule has 28 heavy (non-hydrogen) atoms. The van der Waals surface area contributed by atoms with Gasteiger partial charge in [0, 0.05) is 23.5 Å². The van der Waals surface area contributed by atoms with Gasteiger partial charge in [-0.15, -0.1) is 5.10 Å². The zero-order valence-corrected chi connectivity index (χ0v) is 15.6. The van der Waals surface area contributed by atoms with Crippen LogP contribution in [0.15, 0.2) is 42.6 Å². The molecular formula is C19H18N6O3. The van der Waals surface area contributed by atoms with Crippen molar-refractivity contribution < 1.29 is 14.2 Å². The Morgan fingerprint density at radius 2 is 1.57 bits per heavy atom. The number of aromatic nitrogens is 3. The van der Waals surface area contributed by atoms with Gasteiger partial charge in [0.05, 0.1) is 39.2 Å². The van der Waals surface area contributed by atoms with Gasteiger partial charge < -0.3 is 24.8 Å². The highest BCUT2D eigenvalue weighted by Gasteiger charge is 2.14. The number of benzene rings is 2. The minimum absolute atomic E-state index is 0.308. The highest BCUT2D eigenvalue weighted by molar-refractivity contribution is 5.67. The zero-order valence-electron chi connectivity index (χ0n) is 15.6. The van der Waals surface area contributed by atoms with Crippen LogP contribution in [0.5, 0.6) is 17.2 Å². The number of nitrogens with zero attached hydrogens (tertiary/aromatic N) is 4. The second-order valence-corrected chi connectivity index (χ2v) is 5.52. The molecule has 0 saturated carbocycles. The van der Waals surface area contributed by atoms with Crippen LogP contribution in [0.4, 0.5) is 23.1 Å². The van der Waals surface area contributed by atoms with Gasteiger partial charge in [-0.2, -0.15) is 15.3 Å². The number of hydrogen-bond donors (Lipinski definition) is 2. The van der Waals surface area contributed by atoms with Crippen molar-refractivity contribution in [2.45, 2.75) is 0 Å². The molecule has 0 unspecified atom stereocenters. The van der Waals surface area contributed by atoms with Crippen molar-refractivity contribution in [2.24, 2.45) is 0 Å². The molecule has 9 nitrogen and oxygen atoms in total. The lowest BCUT2D eigenvalue weighted by Gasteiger charge is -2.15. The van der Waals surface area contributed by atoms with Crippen LogP contribution in [-0.2, 0) is 0 Å². The van der Waals surface area contributed by atoms with Crippen LogP contribution in [0.1, 0.15) is 5.56 Å². The van der Waals surface area contributed by atoms with E-state index in [0.29, 0.717) is 40.3 Å². The number of rotatable bonds is 7. The van der Waals surface area contributed by atoms with Gasteiger partial charge in [-0.05, 0) is 24.3 Å². The Morgan fingerprint density at radius 1 is 0.893 bits per heavy atom. The first-order valence-corrected chi connectivity index (χ1v) is 8.20. The van der Waals surface area contributed by atoms with E-state index in [1.54, 1.807) is 57.7 Å². The molecule has 0 fully saturated rings. The number of hydrogen-bond acceptors (Lipinski definition) is 9. The third-order valence-corrected chi connectivity index (χ3v) is 3.77. The second-order valence-electron chi connectivity index (χ2n) is 5.52. The van der Waals surface area contributed by atoms with Crippen molar-refractivity contribution >= 4 is 23.1 Å². The van der Waals surface area contributed by atoms with Crippen molar-refractivity contribution in [1.82, 2.24) is 15.2 Å². The Balaban J connectivity index is 1.81. The molecule has 0 radical (unpaired) electrons. The van der Waals surface area contributed by atoms with Gasteiger partial charge in [-0.25, -0.2) is 0 Å². The predicted octanol–water partition coefficient (Wildman–Crippen LogP) is 3.26. The topological polar surface area (TPSA) is 114 Å². The maximum absolute atomic E-state index is 8.86. The number of anilines is 4. The molecule has 1 aromatic heterocycles. The molecule has 0 bridgehead atoms. The summed E-state index contributed by atoms with van der Waals surface area (Å²) >= 11 is 0. The Labute approximate surface area is 161 Å². The van der Waals surface area contributed by atoms with E-state index in [0.717, 1.165) is 5.69 Å². The summed E-state index contributed by atoms with van der Waals surface area (Å²) in [5.41, 5.74) is 1.99. The van der Waals surface area contributed by atoms with Crippen LogP contribution in [0.2, 0.25) is 0 Å². The molecule has 0 amide bonds. The smallest absolute Gasteiger partial charge is 0.249 e. The van der Waals surface area contributed by atoms with E-state index in [1.165, 1.54) is 6.20 Å². The first kappa shape index (κ1) is 18.7. The van der Waals surface area contributed by atoms with Gasteiger partial charge in [0.25, 0.3) is 0 Å². The van der Waals surface area contributed by atoms with E-state index < -0.39 is 0 Å². The highest BCUT2D eigenvalue weighted by Crippen LogP contribution is 2.40. The lowest BCUT2D eigenvalue weighted by Crippen LogP contribution is -2.03. The summed E-state index contributed by atoms with van der Waals surface area (Å²) in [6.45, 7) is 0. The number of nitriles is 1. The van der Waals surface area contributed by atoms with E-state index in [4.69, 9.17) is 19.5 Å². The van der Waals surface area contributed by atoms with E-state index in [-0.39, 0.29) is 0 Å². The number of ether oxygens (including phenoxy) is 3. The molecule has 1 heterocycles. The van der Waals surface area contributed by atoms with Gasteiger partial charge in [-0.3, -0.25) is 0 Å². The fourth-order valence-corrected chi connectivity index (χ4v) is 2.48. The van der Waals surface area contributed by atoms with Gasteiger partial charge >= 0.3 is 0 Å². The van der Waals surface area contributed by atoms with E-state index >= 15 is 0 Å². The van der Waals surface area contributed by atoms with Crippen LogP contribution in [0, 0.1) is 11.3 Å². The summed E-state index contributed by atoms with van der Waals surface area (Å²) in [6, 6.07) is 12.5. The minimum atomic E-state index is 0.308. The molecule has 3 rings (SSSR count). The molecule has 9 heteroatoms. The Hall–Kier alpha value is -4.06. The summed E-state index contributed by atoms with van der Waals surface area (Å²) in [5, 5.41) is 23.0. The summed E-state index contributed by atoms with van der Waals surface area (Å²) in [5.74, 6) is 2.31. The van der Waals surface area contributed by atoms with Gasteiger partial charge in [0.15, 0.2) is 17.3 Å². The summed E-state index contributed by atoms with van der Waals surface area (Å²) in [7, 11) is 4.64. The van der Waals surface area contributed by atoms with Crippen LogP contribution < -0.4 is 24.8 Å². The fourth-order valence-electron chi connectivity index (χ4n) is 2.48. The maximum atomic E-state index is 8.86. The molecule has 0 aliphatic heterocycles. The molecule has 0 aliphatic carbocycles. The standard InChI is InChI=1S/C19H18N6O3/c1-26-15-8-14(9-16(27-2)18(15)28-3)22-17-11-21-25-19(24-17)23-13-6-4-12(10-20)5-7-13/h4-9,11H,1-3H3,(H2,22,23,24,25). The van der Waals surface area contributed by atoms with Crippen molar-refractivity contribution in [1.29, 1.82) is 5.26 Å². The van der Waals surface area contributed by atoms with Crippen LogP contribution in [0.3, 0.4) is 0 Å². The third-order valence-electron chi connectivity index (χ3n) is 3.77. The maximum Gasteiger partial charge on any atom is 0.249 e. The van der Waals surface area contributed by atoms with Gasteiger partial charge in [0.2, 0.25) is 11.7 Å². The van der Waals surface area contributed by atoms with Crippen molar-refractivity contribution in [2.75, 3.05) is 32.0 Å². The molecule has 0 spiro atoms. The van der Waals surface area contributed by atoms with Gasteiger partial charge in [0.1, 0.15) is 0 Å². The highest BCUT2D eigenvalue weighted by atomic mass is 16.5. The summed E-state index contributed by atoms with van der Waals surface area (Å²) in [4.78, 5) is 4.39. The Kier molecular flexibility index (Phi) is 5.72. The molecule has 2 N–H and O–H groups in total. The molecular weight excluding hydrogens is 360 g/mol. The zero-order chi connectivity index (χ0) is 19.9. The monoisotopic (exact) mass is 378 g/mol. The molecule has 142 valence electrons. The predicted molar refractivity (Wildman–Crippen MR) is 104 cm³/mol. The average Bonchev–Trinajstić information content (AvgIpc) is 2.73. The van der Waals surface area contributed by atoms with Crippen molar-refractivity contribution in [3.63, 3.8) is 0 Å². The first-order valence-electron chi connectivity index (χ1n) is 8.20. The van der Waals surface area contributed by atoms with Crippen LogP contribution >= 0.6 is 0 Å². The van der Waals surface area contributed by atoms with Crippen LogP contribution in [-0.4, -0.2) is 36.5 Å². The molecule has 2 aromatic carbocycles. The molecule has 0 aliphatic rings. The molecule has 3 aromatic rings. The molecule has 0 saturated heterocycles. The normalized spacial score (nSPS) is 9.93. The fraction of sp³-hybridized carbons (Fsp3) is 0.158. The van der Waals surface area contributed by atoms with Crippen molar-refractivity contribution in [3.05, 3.63) is 48.2 Å².